The van der Waals surface area contributed by atoms with E-state index in [-0.39, 0.29) is 42.6 Å². The Hall–Kier alpha value is -7.03. The van der Waals surface area contributed by atoms with Gasteiger partial charge in [-0.1, -0.05) is 51.7 Å². The van der Waals surface area contributed by atoms with Gasteiger partial charge >= 0.3 is 11.9 Å². The summed E-state index contributed by atoms with van der Waals surface area (Å²) in [4.78, 5) is 69.4. The Morgan fingerprint density at radius 3 is 1.87 bits per heavy atom. The molecule has 3 aliphatic rings. The van der Waals surface area contributed by atoms with Crippen LogP contribution in [0.4, 0.5) is 4.39 Å². The molecule has 3 unspecified atom stereocenters. The van der Waals surface area contributed by atoms with Crippen LogP contribution in [-0.2, 0) is 14.3 Å². The fourth-order valence-electron chi connectivity index (χ4n) is 8.86. The smallest absolute Gasteiger partial charge is 0.340 e. The molecule has 4 atom stereocenters. The Balaban J connectivity index is 0.000000424. The number of amides is 2. The summed E-state index contributed by atoms with van der Waals surface area (Å²) in [7, 11) is 0. The van der Waals surface area contributed by atoms with Crippen LogP contribution in [0.2, 0.25) is 0 Å². The molecule has 2 amide bonds. The summed E-state index contributed by atoms with van der Waals surface area (Å²) in [6, 6.07) is 9.63. The van der Waals surface area contributed by atoms with E-state index in [9.17, 15) is 23.6 Å². The molecule has 1 aromatic carbocycles. The number of benzene rings is 1. The number of hydrogen-bond donors (Lipinski definition) is 3. The van der Waals surface area contributed by atoms with Gasteiger partial charge in [0.15, 0.2) is 0 Å². The summed E-state index contributed by atoms with van der Waals surface area (Å²) in [5, 5.41) is 20.5. The molecule has 404 valence electrons. The number of terminal acetylenes is 3. The molecule has 6 heterocycles. The number of esters is 1. The van der Waals surface area contributed by atoms with Crippen molar-refractivity contribution in [1.29, 1.82) is 0 Å². The summed E-state index contributed by atoms with van der Waals surface area (Å²) in [5.41, 5.74) is 6.59. The van der Waals surface area contributed by atoms with Gasteiger partial charge in [-0.15, -0.1) is 19.3 Å². The molecule has 0 radical (unpaired) electrons. The first-order chi connectivity index (χ1) is 34.9. The number of ether oxygens (including phenoxy) is 2. The van der Waals surface area contributed by atoms with Crippen molar-refractivity contribution < 1.29 is 43.3 Å². The Bertz CT molecular complexity index is 2640. The van der Waals surface area contributed by atoms with E-state index in [0.717, 1.165) is 48.6 Å². The van der Waals surface area contributed by atoms with Gasteiger partial charge in [0, 0.05) is 45.0 Å². The number of aromatic carboxylic acids is 1. The molecule has 16 heteroatoms. The van der Waals surface area contributed by atoms with Gasteiger partial charge in [0.1, 0.15) is 23.2 Å². The minimum Gasteiger partial charge on any atom is -0.478 e. The maximum atomic E-state index is 14.0. The number of carboxylic acids is 1. The van der Waals surface area contributed by atoms with Crippen LogP contribution in [0.1, 0.15) is 162 Å². The van der Waals surface area contributed by atoms with E-state index in [1.54, 1.807) is 60.6 Å². The largest absolute Gasteiger partial charge is 0.478 e. The van der Waals surface area contributed by atoms with Crippen LogP contribution in [0.5, 0.6) is 0 Å². The van der Waals surface area contributed by atoms with Crippen LogP contribution in [0, 0.1) is 103 Å². The van der Waals surface area contributed by atoms with Crippen molar-refractivity contribution in [2.24, 2.45) is 11.8 Å². The number of halogens is 1. The second kappa shape index (κ2) is 30.4. The number of aryl methyl sites for hydroxylation is 7. The third kappa shape index (κ3) is 19.3. The first kappa shape index (κ1) is 64.1. The zero-order valence-electron chi connectivity index (χ0n) is 45.2. The number of aromatic nitrogens is 4. The van der Waals surface area contributed by atoms with E-state index in [2.05, 4.69) is 61.8 Å². The molecule has 0 spiro atoms. The van der Waals surface area contributed by atoms with E-state index < -0.39 is 17.7 Å². The molecule has 3 aromatic heterocycles. The molecule has 15 nitrogen and oxygen atoms in total. The lowest BCUT2D eigenvalue weighted by Gasteiger charge is -2.26. The van der Waals surface area contributed by atoms with E-state index in [1.165, 1.54) is 18.6 Å². The standard InChI is InChI=1S/C29H34FN5O3.C11H15NO2.C10H9NO2.C5H8O.C3H8.CH4/c1-4-26-31-18(2)27(19(3)32-26)29(37)35-16-21-14-34(15-22(21)17-35)11-10-24(20-7-5-8-23(30)13-20)33-28(36)25-9-6-12-38-25;1-5-14-11(13)10-7(2)6-8(3)12-9(10)4;1-4-8-5-6(2)9(10(12)13)7(3)11-8;1-4-5(2,3)6;1-3-2;/h1,5,7-8,13,21-22,24-25H,6,9-12,14-17H2,2-3H3,(H,33,36);6H,5H2,1-4H3;1,5H,2-3H3,(H,12,13);1,6H,2-3H3;3H2,1-2H3;1H4/t21?,22?,24-,25?;;;;;/m0...../s1. The zero-order valence-corrected chi connectivity index (χ0v) is 45.2. The lowest BCUT2D eigenvalue weighted by molar-refractivity contribution is -0.130. The number of pyridine rings is 2. The van der Waals surface area contributed by atoms with E-state index in [4.69, 9.17) is 39.0 Å². The lowest BCUT2D eigenvalue weighted by Crippen LogP contribution is -2.39. The van der Waals surface area contributed by atoms with Crippen LogP contribution >= 0.6 is 0 Å². The minimum absolute atomic E-state index is 0. The van der Waals surface area contributed by atoms with Gasteiger partial charge in [-0.3, -0.25) is 14.6 Å². The van der Waals surface area contributed by atoms with Crippen LogP contribution in [0.15, 0.2) is 36.4 Å². The Morgan fingerprint density at radius 1 is 0.840 bits per heavy atom. The third-order valence-corrected chi connectivity index (χ3v) is 12.1. The molecule has 7 rings (SSSR count). The Kier molecular flexibility index (Phi) is 25.9. The highest BCUT2D eigenvalue weighted by Gasteiger charge is 2.42. The Labute approximate surface area is 444 Å². The van der Waals surface area contributed by atoms with Gasteiger partial charge in [-0.2, -0.15) is 0 Å². The maximum absolute atomic E-state index is 14.0. The SMILES string of the molecule is C.C#CC(C)(C)O.C#Cc1cc(C)c(C(=O)O)c(C)n1.C#Cc1nc(C)c(C(=O)N2CC3CN(CC[C@H](NC(=O)C4CCCO4)c4cccc(F)c4)CC3C2)c(C)n1.CCC.CCOC(=O)c1c(C)cc(C)nc1C. The minimum atomic E-state index is -0.967. The van der Waals surface area contributed by atoms with Crippen molar-refractivity contribution in [2.45, 2.75) is 134 Å². The Morgan fingerprint density at radius 2 is 1.40 bits per heavy atom. The van der Waals surface area contributed by atoms with Crippen LogP contribution in [-0.4, -0.2) is 121 Å². The van der Waals surface area contributed by atoms with Crippen molar-refractivity contribution >= 4 is 23.8 Å². The normalized spacial score (nSPS) is 16.6. The van der Waals surface area contributed by atoms with Crippen molar-refractivity contribution in [3.63, 3.8) is 0 Å². The number of aliphatic hydroxyl groups is 1. The van der Waals surface area contributed by atoms with Crippen molar-refractivity contribution in [2.75, 3.05) is 45.9 Å². The second-order valence-electron chi connectivity index (χ2n) is 19.0. The van der Waals surface area contributed by atoms with E-state index in [0.29, 0.717) is 96.3 Å². The maximum Gasteiger partial charge on any atom is 0.340 e. The number of rotatable bonds is 10. The van der Waals surface area contributed by atoms with Gasteiger partial charge in [0.2, 0.25) is 11.7 Å². The van der Waals surface area contributed by atoms with Gasteiger partial charge < -0.3 is 34.8 Å². The monoisotopic (exact) mass is 1030 g/mol. The lowest BCUT2D eigenvalue weighted by atomic mass is 10.0. The quantitative estimate of drug-likeness (QED) is 0.101. The number of hydrogen-bond acceptors (Lipinski definition) is 12. The summed E-state index contributed by atoms with van der Waals surface area (Å²) in [5.74, 6) is 6.32. The first-order valence-electron chi connectivity index (χ1n) is 24.9. The van der Waals surface area contributed by atoms with Crippen molar-refractivity contribution in [3.8, 4) is 37.0 Å². The number of likely N-dealkylation sites (tertiary alicyclic amines) is 2. The van der Waals surface area contributed by atoms with Crippen LogP contribution in [0.25, 0.3) is 0 Å². The fourth-order valence-corrected chi connectivity index (χ4v) is 8.86. The number of fused-ring (bicyclic) bond motifs is 1. The molecule has 0 aliphatic carbocycles. The number of carboxylic acid groups (broad SMARTS) is 1. The predicted molar refractivity (Wildman–Crippen MR) is 290 cm³/mol. The second-order valence-corrected chi connectivity index (χ2v) is 19.0. The number of carbonyl (C=O) groups is 4. The molecular weight excluding hydrogens is 954 g/mol. The van der Waals surface area contributed by atoms with Gasteiger partial charge in [-0.05, 0) is 147 Å². The summed E-state index contributed by atoms with van der Waals surface area (Å²) in [6.45, 7) is 26.7. The van der Waals surface area contributed by atoms with Crippen LogP contribution in [0.3, 0.4) is 0 Å². The van der Waals surface area contributed by atoms with Crippen molar-refractivity contribution in [1.82, 2.24) is 35.1 Å². The average molecular weight is 1030 g/mol. The highest BCUT2D eigenvalue weighted by molar-refractivity contribution is 5.96. The molecule has 4 aromatic rings. The highest BCUT2D eigenvalue weighted by Crippen LogP contribution is 2.33. The number of nitrogens with one attached hydrogen (secondary N) is 1. The van der Waals surface area contributed by atoms with E-state index >= 15 is 0 Å². The molecule has 0 bridgehead atoms. The van der Waals surface area contributed by atoms with Crippen molar-refractivity contribution in [3.05, 3.63) is 116 Å². The molecule has 3 N–H and O–H groups in total. The number of nitrogens with zero attached hydrogens (tertiary/aromatic N) is 6. The summed E-state index contributed by atoms with van der Waals surface area (Å²) >= 11 is 0. The molecule has 3 saturated heterocycles. The predicted octanol–water partition coefficient (Wildman–Crippen LogP) is 8.65. The summed E-state index contributed by atoms with van der Waals surface area (Å²) < 4.78 is 24.5. The molecule has 3 fully saturated rings. The third-order valence-electron chi connectivity index (χ3n) is 12.1. The van der Waals surface area contributed by atoms with Gasteiger partial charge in [0.25, 0.3) is 5.91 Å². The molecular formula is C59H78FN7O8. The molecule has 0 saturated carbocycles. The van der Waals surface area contributed by atoms with Gasteiger partial charge in [-0.25, -0.2) is 28.9 Å². The average Bonchev–Trinajstić information content (AvgIpc) is 4.09. The first-order valence-corrected chi connectivity index (χ1v) is 24.9. The van der Waals surface area contributed by atoms with Gasteiger partial charge in [0.05, 0.1) is 52.1 Å². The molecule has 3 aliphatic heterocycles. The zero-order chi connectivity index (χ0) is 55.4. The fraction of sp³-hybridized carbons (Fsp3) is 0.492. The molecule has 75 heavy (non-hydrogen) atoms. The van der Waals surface area contributed by atoms with Crippen LogP contribution < -0.4 is 5.32 Å². The van der Waals surface area contributed by atoms with E-state index in [1.807, 2.05) is 37.8 Å². The number of carbonyl (C=O) groups excluding carboxylic acids is 3. The topological polar surface area (TPSA) is 197 Å². The summed E-state index contributed by atoms with van der Waals surface area (Å²) in [6.07, 6.45) is 18.5. The highest BCUT2D eigenvalue weighted by atomic mass is 19.1.